The van der Waals surface area contributed by atoms with Crippen LogP contribution in [0.3, 0.4) is 0 Å². The van der Waals surface area contributed by atoms with Crippen LogP contribution >= 0.6 is 0 Å². The van der Waals surface area contributed by atoms with Crippen molar-refractivity contribution in [3.05, 3.63) is 50.7 Å². The first kappa shape index (κ1) is 25.9. The Morgan fingerprint density at radius 1 is 1.12 bits per heavy atom. The van der Waals surface area contributed by atoms with E-state index in [4.69, 9.17) is 9.84 Å². The molecular weight excluding hydrogens is 445 g/mol. The summed E-state index contributed by atoms with van der Waals surface area (Å²) >= 11 is 0. The number of hydrogen-bond acceptors (Lipinski definition) is 6. The van der Waals surface area contributed by atoms with Gasteiger partial charge in [0.2, 0.25) is 5.82 Å². The predicted octanol–water partition coefficient (Wildman–Crippen LogP) is 2.11. The van der Waals surface area contributed by atoms with E-state index < -0.39 is 35.4 Å². The number of nitrogens with zero attached hydrogens (tertiary/aromatic N) is 4. The van der Waals surface area contributed by atoms with Crippen molar-refractivity contribution >= 4 is 11.8 Å². The first-order valence-corrected chi connectivity index (χ1v) is 10.2. The maximum absolute atomic E-state index is 12.6. The molecule has 1 N–H and O–H groups in total. The van der Waals surface area contributed by atoms with Gasteiger partial charge < -0.3 is 14.7 Å². The number of carboxylic acids is 1. The molecule has 0 saturated carbocycles. The van der Waals surface area contributed by atoms with Gasteiger partial charge in [-0.05, 0) is 44.4 Å². The number of benzene rings is 1. The Labute approximate surface area is 188 Å². The molecule has 2 aromatic rings. The molecule has 0 fully saturated rings. The van der Waals surface area contributed by atoms with Crippen molar-refractivity contribution in [2.75, 3.05) is 18.0 Å². The number of anilines is 1. The number of carboxylic acid groups (broad SMARTS) is 1. The first-order chi connectivity index (χ1) is 15.2. The molecule has 12 heteroatoms. The zero-order valence-corrected chi connectivity index (χ0v) is 18.8. The van der Waals surface area contributed by atoms with E-state index in [0.29, 0.717) is 12.2 Å². The van der Waals surface area contributed by atoms with E-state index in [9.17, 15) is 27.6 Å². The highest BCUT2D eigenvalue weighted by Crippen LogP contribution is 2.22. The summed E-state index contributed by atoms with van der Waals surface area (Å²) < 4.78 is 45.2. The Balaban J connectivity index is 2.20. The van der Waals surface area contributed by atoms with Crippen LogP contribution < -0.4 is 20.9 Å². The zero-order chi connectivity index (χ0) is 25.0. The molecular formula is C21H27F3N4O5. The highest BCUT2D eigenvalue weighted by molar-refractivity contribution is 5.76. The van der Waals surface area contributed by atoms with E-state index in [2.05, 4.69) is 5.10 Å². The fourth-order valence-corrected chi connectivity index (χ4v) is 3.00. The fraction of sp³-hybridized carbons (Fsp3) is 0.524. The van der Waals surface area contributed by atoms with Crippen LogP contribution in [0.2, 0.25) is 0 Å². The van der Waals surface area contributed by atoms with Gasteiger partial charge >= 0.3 is 17.8 Å². The summed E-state index contributed by atoms with van der Waals surface area (Å²) in [7, 11) is 2.64. The lowest BCUT2D eigenvalue weighted by Gasteiger charge is -2.24. The van der Waals surface area contributed by atoms with Crippen LogP contribution in [0.15, 0.2) is 33.9 Å². The number of aromatic nitrogens is 3. The van der Waals surface area contributed by atoms with Crippen LogP contribution in [-0.4, -0.2) is 50.3 Å². The molecule has 1 heterocycles. The van der Waals surface area contributed by atoms with Crippen molar-refractivity contribution < 1.29 is 27.8 Å². The van der Waals surface area contributed by atoms with Crippen LogP contribution in [0.1, 0.15) is 32.3 Å². The maximum Gasteiger partial charge on any atom is 0.389 e. The smallest absolute Gasteiger partial charge is 0.389 e. The molecule has 1 aromatic carbocycles. The SMILES string of the molecule is Cn1nc(N(CCCC(F)(F)F)CCc2ccc(OC(C)(C)C(=O)O)cc2)c(=O)n(C)c1=O. The Morgan fingerprint density at radius 2 is 1.73 bits per heavy atom. The molecule has 0 amide bonds. The summed E-state index contributed by atoms with van der Waals surface area (Å²) in [4.78, 5) is 37.1. The van der Waals surface area contributed by atoms with Crippen LogP contribution in [0.25, 0.3) is 0 Å². The van der Waals surface area contributed by atoms with Crippen LogP contribution in [0.5, 0.6) is 5.75 Å². The molecule has 0 aliphatic heterocycles. The quantitative estimate of drug-likeness (QED) is 0.565. The summed E-state index contributed by atoms with van der Waals surface area (Å²) in [5, 5.41) is 13.1. The number of aryl methyl sites for hydroxylation is 1. The van der Waals surface area contributed by atoms with Gasteiger partial charge in [0.15, 0.2) is 5.60 Å². The Kier molecular flexibility index (Phi) is 7.93. The summed E-state index contributed by atoms with van der Waals surface area (Å²) in [6.07, 6.45) is -5.22. The Hall–Kier alpha value is -3.31. The number of hydrogen-bond donors (Lipinski definition) is 1. The molecule has 182 valence electrons. The van der Waals surface area contributed by atoms with E-state index in [1.807, 2.05) is 0 Å². The molecule has 0 unspecified atom stereocenters. The average Bonchev–Trinajstić information content (AvgIpc) is 2.71. The van der Waals surface area contributed by atoms with Crippen molar-refractivity contribution in [3.8, 4) is 5.75 Å². The van der Waals surface area contributed by atoms with Crippen molar-refractivity contribution in [1.29, 1.82) is 0 Å². The topological polar surface area (TPSA) is 107 Å². The molecule has 2 rings (SSSR count). The largest absolute Gasteiger partial charge is 0.478 e. The average molecular weight is 472 g/mol. The van der Waals surface area contributed by atoms with E-state index in [1.165, 1.54) is 32.8 Å². The minimum absolute atomic E-state index is 0.0754. The lowest BCUT2D eigenvalue weighted by atomic mass is 10.1. The highest BCUT2D eigenvalue weighted by Gasteiger charge is 2.29. The number of carbonyl (C=O) groups is 1. The van der Waals surface area contributed by atoms with Gasteiger partial charge in [0, 0.05) is 33.6 Å². The Bertz CT molecular complexity index is 1090. The van der Waals surface area contributed by atoms with Crippen molar-refractivity contribution in [3.63, 3.8) is 0 Å². The number of ether oxygens (including phenoxy) is 1. The van der Waals surface area contributed by atoms with Gasteiger partial charge in [-0.15, -0.1) is 5.10 Å². The maximum atomic E-state index is 12.6. The molecule has 9 nitrogen and oxygen atoms in total. The molecule has 0 spiro atoms. The van der Waals surface area contributed by atoms with Gasteiger partial charge in [0.25, 0.3) is 5.56 Å². The highest BCUT2D eigenvalue weighted by atomic mass is 19.4. The third kappa shape index (κ3) is 7.09. The van der Waals surface area contributed by atoms with Gasteiger partial charge in [-0.25, -0.2) is 14.3 Å². The number of halogens is 3. The van der Waals surface area contributed by atoms with E-state index in [1.54, 1.807) is 24.3 Å². The second-order valence-corrected chi connectivity index (χ2v) is 8.11. The van der Waals surface area contributed by atoms with Gasteiger partial charge in [-0.1, -0.05) is 12.1 Å². The molecule has 0 aliphatic rings. The monoisotopic (exact) mass is 472 g/mol. The summed E-state index contributed by atoms with van der Waals surface area (Å²) in [5.41, 5.74) is -1.95. The van der Waals surface area contributed by atoms with Crippen LogP contribution in [0.4, 0.5) is 19.0 Å². The summed E-state index contributed by atoms with van der Waals surface area (Å²) in [6.45, 7) is 2.94. The summed E-state index contributed by atoms with van der Waals surface area (Å²) in [5.74, 6) is -0.876. The molecule has 1 aromatic heterocycles. The van der Waals surface area contributed by atoms with E-state index in [-0.39, 0.29) is 25.3 Å². The van der Waals surface area contributed by atoms with Gasteiger partial charge in [-0.2, -0.15) is 13.2 Å². The molecule has 0 bridgehead atoms. The lowest BCUT2D eigenvalue weighted by molar-refractivity contribution is -0.152. The van der Waals surface area contributed by atoms with Gasteiger partial charge in [0.1, 0.15) is 5.75 Å². The minimum Gasteiger partial charge on any atom is -0.478 e. The van der Waals surface area contributed by atoms with E-state index >= 15 is 0 Å². The molecule has 0 radical (unpaired) electrons. The van der Waals surface area contributed by atoms with Crippen LogP contribution in [-0.2, 0) is 25.3 Å². The van der Waals surface area contributed by atoms with Crippen LogP contribution in [0, 0.1) is 0 Å². The normalized spacial score (nSPS) is 12.0. The lowest BCUT2D eigenvalue weighted by Crippen LogP contribution is -2.44. The van der Waals surface area contributed by atoms with Crippen molar-refractivity contribution in [2.24, 2.45) is 14.1 Å². The molecule has 0 saturated heterocycles. The summed E-state index contributed by atoms with van der Waals surface area (Å²) in [6, 6.07) is 6.59. The standard InChI is InChI=1S/C21H27F3N4O5/c1-20(2,18(30)31)33-15-8-6-14(7-9-15)10-13-28(12-5-11-21(22,23)24)16-17(29)26(3)19(32)27(4)25-16/h6-9H,5,10-13H2,1-4H3,(H,30,31). The molecule has 0 atom stereocenters. The number of alkyl halides is 3. The minimum atomic E-state index is -4.33. The molecule has 0 aliphatic carbocycles. The van der Waals surface area contributed by atoms with Gasteiger partial charge in [0.05, 0.1) is 0 Å². The zero-order valence-electron chi connectivity index (χ0n) is 18.8. The first-order valence-electron chi connectivity index (χ1n) is 10.2. The Morgan fingerprint density at radius 3 is 2.27 bits per heavy atom. The van der Waals surface area contributed by atoms with E-state index in [0.717, 1.165) is 14.8 Å². The second kappa shape index (κ2) is 10.1. The van der Waals surface area contributed by atoms with Crippen molar-refractivity contribution in [1.82, 2.24) is 14.3 Å². The fourth-order valence-electron chi connectivity index (χ4n) is 3.00. The number of aliphatic carboxylic acids is 1. The predicted molar refractivity (Wildman–Crippen MR) is 115 cm³/mol. The third-order valence-corrected chi connectivity index (χ3v) is 4.97. The number of rotatable bonds is 10. The van der Waals surface area contributed by atoms with Gasteiger partial charge in [-0.3, -0.25) is 9.36 Å². The third-order valence-electron chi connectivity index (χ3n) is 4.97. The van der Waals surface area contributed by atoms with Crippen molar-refractivity contribution in [2.45, 2.75) is 44.9 Å². The second-order valence-electron chi connectivity index (χ2n) is 8.11. The molecule has 33 heavy (non-hydrogen) atoms.